The second kappa shape index (κ2) is 13.7. The molecule has 0 heterocycles. The first-order valence-electron chi connectivity index (χ1n) is 12.7. The molecule has 0 radical (unpaired) electrons. The molecule has 0 aromatic heterocycles. The minimum atomic E-state index is -0.933. The molecule has 0 aliphatic heterocycles. The summed E-state index contributed by atoms with van der Waals surface area (Å²) in [7, 11) is 0. The van der Waals surface area contributed by atoms with Crippen LogP contribution >= 0.6 is 0 Å². The molecule has 0 aliphatic rings. The van der Waals surface area contributed by atoms with Crippen molar-refractivity contribution in [3.05, 3.63) is 108 Å². The standard InChI is InChI=1S/C32H25FO9/c1-3-30(35)40-27-13-14-28(29(33)19-27)32(37)42-26-12-8-22-17-25(11-7-23(22)18-26)41-31(36)21-5-9-24(10-6-21)39-16-4-15-38-20(2)34/h3,5-14,17-19H,1,4,15-16H2,2H3. The van der Waals surface area contributed by atoms with E-state index in [-0.39, 0.29) is 29.6 Å². The second-order valence-corrected chi connectivity index (χ2v) is 8.78. The summed E-state index contributed by atoms with van der Waals surface area (Å²) < 4.78 is 40.5. The van der Waals surface area contributed by atoms with Crippen molar-refractivity contribution in [1.82, 2.24) is 0 Å². The molecule has 4 rings (SSSR count). The highest BCUT2D eigenvalue weighted by Gasteiger charge is 2.16. The van der Waals surface area contributed by atoms with Gasteiger partial charge in [-0.1, -0.05) is 18.7 Å². The summed E-state index contributed by atoms with van der Waals surface area (Å²) in [5.41, 5.74) is -0.0154. The van der Waals surface area contributed by atoms with Crippen molar-refractivity contribution < 1.29 is 47.3 Å². The maximum Gasteiger partial charge on any atom is 0.346 e. The third-order valence-corrected chi connectivity index (χ3v) is 5.70. The second-order valence-electron chi connectivity index (χ2n) is 8.78. The van der Waals surface area contributed by atoms with Crippen LogP contribution in [0.1, 0.15) is 34.1 Å². The maximum absolute atomic E-state index is 14.4. The lowest BCUT2D eigenvalue weighted by atomic mass is 10.1. The van der Waals surface area contributed by atoms with Crippen LogP contribution in [0.3, 0.4) is 0 Å². The molecular weight excluding hydrogens is 547 g/mol. The van der Waals surface area contributed by atoms with Gasteiger partial charge in [0.25, 0.3) is 0 Å². The molecule has 10 heteroatoms. The van der Waals surface area contributed by atoms with Gasteiger partial charge in [-0.15, -0.1) is 0 Å². The summed E-state index contributed by atoms with van der Waals surface area (Å²) in [5, 5.41) is 1.39. The average Bonchev–Trinajstić information content (AvgIpc) is 2.97. The molecule has 0 saturated carbocycles. The fourth-order valence-corrected chi connectivity index (χ4v) is 3.69. The lowest BCUT2D eigenvalue weighted by Crippen LogP contribution is -2.11. The smallest absolute Gasteiger partial charge is 0.346 e. The van der Waals surface area contributed by atoms with Crippen LogP contribution < -0.4 is 18.9 Å². The molecule has 4 aromatic carbocycles. The lowest BCUT2D eigenvalue weighted by molar-refractivity contribution is -0.141. The summed E-state index contributed by atoms with van der Waals surface area (Å²) in [6.45, 7) is 5.23. The first-order chi connectivity index (χ1) is 20.2. The van der Waals surface area contributed by atoms with Crippen molar-refractivity contribution in [2.45, 2.75) is 13.3 Å². The van der Waals surface area contributed by atoms with Crippen LogP contribution in [-0.4, -0.2) is 37.1 Å². The quantitative estimate of drug-likeness (QED) is 0.0946. The topological polar surface area (TPSA) is 114 Å². The maximum atomic E-state index is 14.4. The molecule has 0 aliphatic carbocycles. The molecule has 4 aromatic rings. The van der Waals surface area contributed by atoms with Gasteiger partial charge in [-0.2, -0.15) is 0 Å². The Morgan fingerprint density at radius 2 is 1.29 bits per heavy atom. The third kappa shape index (κ3) is 8.01. The highest BCUT2D eigenvalue weighted by Crippen LogP contribution is 2.27. The van der Waals surface area contributed by atoms with Gasteiger partial charge in [-0.05, 0) is 71.4 Å². The summed E-state index contributed by atoms with van der Waals surface area (Å²) in [4.78, 5) is 47.2. The SMILES string of the molecule is C=CC(=O)Oc1ccc(C(=O)Oc2ccc3cc(OC(=O)c4ccc(OCCCOC(C)=O)cc4)ccc3c2)c(F)c1. The summed E-state index contributed by atoms with van der Waals surface area (Å²) in [6.07, 6.45) is 1.47. The van der Waals surface area contributed by atoms with E-state index in [2.05, 4.69) is 6.58 Å². The molecule has 42 heavy (non-hydrogen) atoms. The van der Waals surface area contributed by atoms with Crippen molar-refractivity contribution in [1.29, 1.82) is 0 Å². The van der Waals surface area contributed by atoms with Gasteiger partial charge in [0, 0.05) is 25.5 Å². The van der Waals surface area contributed by atoms with Crippen molar-refractivity contribution in [3.63, 3.8) is 0 Å². The summed E-state index contributed by atoms with van der Waals surface area (Å²) in [6, 6.07) is 19.5. The monoisotopic (exact) mass is 572 g/mol. The molecule has 0 N–H and O–H groups in total. The van der Waals surface area contributed by atoms with Crippen molar-refractivity contribution >= 4 is 34.6 Å². The molecule has 0 spiro atoms. The summed E-state index contributed by atoms with van der Waals surface area (Å²) in [5.74, 6) is -2.55. The molecule has 214 valence electrons. The van der Waals surface area contributed by atoms with Gasteiger partial charge in [-0.3, -0.25) is 4.79 Å². The fraction of sp³-hybridized carbons (Fsp3) is 0.125. The first-order valence-corrected chi connectivity index (χ1v) is 12.7. The van der Waals surface area contributed by atoms with E-state index in [4.69, 9.17) is 23.7 Å². The first kappa shape index (κ1) is 29.5. The van der Waals surface area contributed by atoms with E-state index in [0.29, 0.717) is 40.9 Å². The average molecular weight is 573 g/mol. The molecule has 0 amide bonds. The highest BCUT2D eigenvalue weighted by molar-refractivity contribution is 5.94. The van der Waals surface area contributed by atoms with E-state index in [9.17, 15) is 23.6 Å². The Hall–Kier alpha value is -5.51. The number of rotatable bonds is 11. The number of hydrogen-bond acceptors (Lipinski definition) is 9. The van der Waals surface area contributed by atoms with E-state index >= 15 is 0 Å². The zero-order chi connectivity index (χ0) is 30.1. The number of carbonyl (C=O) groups is 4. The highest BCUT2D eigenvalue weighted by atomic mass is 19.1. The van der Waals surface area contributed by atoms with E-state index < -0.39 is 23.7 Å². The predicted molar refractivity (Wildman–Crippen MR) is 149 cm³/mol. The van der Waals surface area contributed by atoms with Gasteiger partial charge in [0.15, 0.2) is 0 Å². The Morgan fingerprint density at radius 1 is 0.714 bits per heavy atom. The Labute approximate surface area is 240 Å². The third-order valence-electron chi connectivity index (χ3n) is 5.70. The molecule has 0 saturated heterocycles. The summed E-state index contributed by atoms with van der Waals surface area (Å²) >= 11 is 0. The minimum absolute atomic E-state index is 0.0771. The molecule has 9 nitrogen and oxygen atoms in total. The van der Waals surface area contributed by atoms with Crippen LogP contribution in [0.2, 0.25) is 0 Å². The van der Waals surface area contributed by atoms with E-state index in [0.717, 1.165) is 18.2 Å². The molecule has 0 atom stereocenters. The predicted octanol–water partition coefficient (Wildman–Crippen LogP) is 5.84. The van der Waals surface area contributed by atoms with Crippen LogP contribution in [0, 0.1) is 5.82 Å². The van der Waals surface area contributed by atoms with Gasteiger partial charge in [0.2, 0.25) is 0 Å². The van der Waals surface area contributed by atoms with Crippen molar-refractivity contribution in [2.75, 3.05) is 13.2 Å². The number of hydrogen-bond donors (Lipinski definition) is 0. The van der Waals surface area contributed by atoms with Crippen LogP contribution in [0.15, 0.2) is 91.5 Å². The van der Waals surface area contributed by atoms with Gasteiger partial charge < -0.3 is 23.7 Å². The van der Waals surface area contributed by atoms with Gasteiger partial charge in [0.1, 0.15) is 28.8 Å². The van der Waals surface area contributed by atoms with E-state index in [1.807, 2.05) is 0 Å². The lowest BCUT2D eigenvalue weighted by Gasteiger charge is -2.09. The van der Waals surface area contributed by atoms with Crippen LogP contribution in [-0.2, 0) is 14.3 Å². The van der Waals surface area contributed by atoms with Gasteiger partial charge in [0.05, 0.1) is 24.3 Å². The fourth-order valence-electron chi connectivity index (χ4n) is 3.69. The number of benzene rings is 4. The van der Waals surface area contributed by atoms with Crippen molar-refractivity contribution in [2.24, 2.45) is 0 Å². The number of fused-ring (bicyclic) bond motifs is 1. The van der Waals surface area contributed by atoms with Crippen molar-refractivity contribution in [3.8, 4) is 23.0 Å². The van der Waals surface area contributed by atoms with Crippen LogP contribution in [0.5, 0.6) is 23.0 Å². The van der Waals surface area contributed by atoms with Crippen LogP contribution in [0.25, 0.3) is 10.8 Å². The number of carbonyl (C=O) groups excluding carboxylic acids is 4. The molecule has 0 fully saturated rings. The zero-order valence-electron chi connectivity index (χ0n) is 22.5. The Balaban J connectivity index is 1.34. The van der Waals surface area contributed by atoms with Crippen LogP contribution in [0.4, 0.5) is 4.39 Å². The Bertz CT molecular complexity index is 1640. The molecule has 0 unspecified atom stereocenters. The molecule has 0 bridgehead atoms. The number of halogens is 1. The molecular formula is C32H25FO9. The van der Waals surface area contributed by atoms with Gasteiger partial charge >= 0.3 is 23.9 Å². The van der Waals surface area contributed by atoms with E-state index in [1.165, 1.54) is 19.1 Å². The Kier molecular flexibility index (Phi) is 9.62. The zero-order valence-corrected chi connectivity index (χ0v) is 22.5. The minimum Gasteiger partial charge on any atom is -0.493 e. The largest absolute Gasteiger partial charge is 0.493 e. The number of esters is 4. The Morgan fingerprint density at radius 3 is 1.88 bits per heavy atom. The normalized spacial score (nSPS) is 10.4. The number of ether oxygens (including phenoxy) is 5. The van der Waals surface area contributed by atoms with Gasteiger partial charge in [-0.25, -0.2) is 18.8 Å². The van der Waals surface area contributed by atoms with E-state index in [1.54, 1.807) is 54.6 Å².